The zero-order valence-corrected chi connectivity index (χ0v) is 17.5. The van der Waals surface area contributed by atoms with Gasteiger partial charge >= 0.3 is 0 Å². The topological polar surface area (TPSA) is 39.1 Å². The van der Waals surface area contributed by atoms with Gasteiger partial charge in [0.15, 0.2) is 0 Å². The zero-order valence-electron chi connectivity index (χ0n) is 15.9. The van der Waals surface area contributed by atoms with Crippen LogP contribution in [0, 0.1) is 0 Å². The molecule has 1 fully saturated rings. The lowest BCUT2D eigenvalue weighted by molar-refractivity contribution is -0.134. The van der Waals surface area contributed by atoms with Crippen LogP contribution in [0.2, 0.25) is 0 Å². The predicted molar refractivity (Wildman–Crippen MR) is 113 cm³/mol. The Labute approximate surface area is 168 Å². The molecule has 0 spiro atoms. The molecule has 4 rings (SSSR count). The number of hydrazone groups is 1. The molecule has 144 valence electrons. The average molecular weight is 403 g/mol. The molecule has 2 aliphatic rings. The van der Waals surface area contributed by atoms with Crippen molar-refractivity contribution in [1.82, 2.24) is 14.8 Å². The summed E-state index contributed by atoms with van der Waals surface area (Å²) in [5.41, 5.74) is 1.03. The van der Waals surface area contributed by atoms with E-state index >= 15 is 0 Å². The SMILES string of the molecule is CN(C)C1CCN(CC(=O)N2N=C(c3cccs3)CC2c2cccs2)CC1. The summed E-state index contributed by atoms with van der Waals surface area (Å²) < 4.78 is 0. The summed E-state index contributed by atoms with van der Waals surface area (Å²) >= 11 is 3.40. The molecule has 0 radical (unpaired) electrons. The summed E-state index contributed by atoms with van der Waals surface area (Å²) in [6.45, 7) is 2.42. The Morgan fingerprint density at radius 1 is 1.19 bits per heavy atom. The van der Waals surface area contributed by atoms with Gasteiger partial charge in [-0.05, 0) is 49.8 Å². The number of hydrogen-bond donors (Lipinski definition) is 0. The zero-order chi connectivity index (χ0) is 18.8. The lowest BCUT2D eigenvalue weighted by Gasteiger charge is -2.35. The first-order valence-corrected chi connectivity index (χ1v) is 11.2. The summed E-state index contributed by atoms with van der Waals surface area (Å²) in [5, 5.41) is 10.7. The molecule has 4 heterocycles. The lowest BCUT2D eigenvalue weighted by atomic mass is 10.0. The average Bonchev–Trinajstić information content (AvgIpc) is 3.41. The molecule has 0 aliphatic carbocycles. The van der Waals surface area contributed by atoms with E-state index < -0.39 is 0 Å². The van der Waals surface area contributed by atoms with E-state index in [0.29, 0.717) is 12.6 Å². The number of carbonyl (C=O) groups is 1. The molecule has 27 heavy (non-hydrogen) atoms. The van der Waals surface area contributed by atoms with Gasteiger partial charge in [0.1, 0.15) is 0 Å². The van der Waals surface area contributed by atoms with Crippen LogP contribution in [0.5, 0.6) is 0 Å². The molecule has 0 bridgehead atoms. The van der Waals surface area contributed by atoms with Gasteiger partial charge in [0.05, 0.1) is 23.2 Å². The first-order valence-electron chi connectivity index (χ1n) is 9.47. The second-order valence-electron chi connectivity index (χ2n) is 7.47. The summed E-state index contributed by atoms with van der Waals surface area (Å²) in [6, 6.07) is 8.97. The molecular formula is C20H26N4OS2. The quantitative estimate of drug-likeness (QED) is 0.768. The van der Waals surface area contributed by atoms with E-state index in [-0.39, 0.29) is 11.9 Å². The Morgan fingerprint density at radius 2 is 1.93 bits per heavy atom. The maximum atomic E-state index is 13.1. The van der Waals surface area contributed by atoms with Crippen molar-refractivity contribution < 1.29 is 4.79 Å². The summed E-state index contributed by atoms with van der Waals surface area (Å²) in [7, 11) is 4.28. The van der Waals surface area contributed by atoms with Crippen LogP contribution >= 0.6 is 22.7 Å². The Kier molecular flexibility index (Phi) is 5.73. The maximum absolute atomic E-state index is 13.1. The van der Waals surface area contributed by atoms with Crippen molar-refractivity contribution in [2.75, 3.05) is 33.7 Å². The summed E-state index contributed by atoms with van der Waals surface area (Å²) in [4.78, 5) is 20.1. The van der Waals surface area contributed by atoms with Gasteiger partial charge in [-0.25, -0.2) is 5.01 Å². The third kappa shape index (κ3) is 4.16. The predicted octanol–water partition coefficient (Wildman–Crippen LogP) is 3.51. The van der Waals surface area contributed by atoms with Crippen LogP contribution in [0.1, 0.15) is 35.1 Å². The highest BCUT2D eigenvalue weighted by Gasteiger charge is 2.35. The van der Waals surface area contributed by atoms with Gasteiger partial charge in [-0.3, -0.25) is 9.69 Å². The molecule has 0 aromatic carbocycles. The molecular weight excluding hydrogens is 376 g/mol. The minimum absolute atomic E-state index is 0.0360. The smallest absolute Gasteiger partial charge is 0.257 e. The van der Waals surface area contributed by atoms with Crippen LogP contribution in [0.4, 0.5) is 0 Å². The van der Waals surface area contributed by atoms with Crippen LogP contribution < -0.4 is 0 Å². The van der Waals surface area contributed by atoms with E-state index in [1.54, 1.807) is 27.7 Å². The van der Waals surface area contributed by atoms with Crippen molar-refractivity contribution in [3.8, 4) is 0 Å². The second-order valence-corrected chi connectivity index (χ2v) is 9.40. The van der Waals surface area contributed by atoms with Gasteiger partial charge in [-0.15, -0.1) is 22.7 Å². The molecule has 2 aromatic rings. The van der Waals surface area contributed by atoms with E-state index in [1.165, 1.54) is 9.75 Å². The van der Waals surface area contributed by atoms with E-state index in [9.17, 15) is 4.79 Å². The van der Waals surface area contributed by atoms with E-state index in [4.69, 9.17) is 5.10 Å². The van der Waals surface area contributed by atoms with Gasteiger partial charge < -0.3 is 4.90 Å². The number of nitrogens with zero attached hydrogens (tertiary/aromatic N) is 4. The van der Waals surface area contributed by atoms with Crippen molar-refractivity contribution in [3.63, 3.8) is 0 Å². The molecule has 5 nitrogen and oxygen atoms in total. The highest BCUT2D eigenvalue weighted by Crippen LogP contribution is 2.36. The van der Waals surface area contributed by atoms with Crippen molar-refractivity contribution in [1.29, 1.82) is 0 Å². The van der Waals surface area contributed by atoms with Crippen molar-refractivity contribution in [3.05, 3.63) is 44.8 Å². The highest BCUT2D eigenvalue weighted by molar-refractivity contribution is 7.12. The number of rotatable bonds is 5. The largest absolute Gasteiger partial charge is 0.306 e. The van der Waals surface area contributed by atoms with Crippen LogP contribution in [0.3, 0.4) is 0 Å². The summed E-state index contributed by atoms with van der Waals surface area (Å²) in [5.74, 6) is 0.114. The number of thiophene rings is 2. The Hall–Kier alpha value is -1.54. The maximum Gasteiger partial charge on any atom is 0.257 e. The second kappa shape index (κ2) is 8.22. The fraction of sp³-hybridized carbons (Fsp3) is 0.500. The van der Waals surface area contributed by atoms with Gasteiger partial charge in [0.25, 0.3) is 5.91 Å². The Morgan fingerprint density at radius 3 is 2.56 bits per heavy atom. The first kappa shape index (κ1) is 18.8. The standard InChI is InChI=1S/C20H26N4OS2/c1-22(2)15-7-9-23(10-8-15)14-20(25)24-17(19-6-4-12-27-19)13-16(21-24)18-5-3-11-26-18/h3-6,11-12,15,17H,7-10,13-14H2,1-2H3. The van der Waals surface area contributed by atoms with Crippen LogP contribution in [-0.2, 0) is 4.79 Å². The van der Waals surface area contributed by atoms with E-state index in [1.807, 2.05) is 6.07 Å². The molecule has 1 amide bonds. The highest BCUT2D eigenvalue weighted by atomic mass is 32.1. The fourth-order valence-corrected chi connectivity index (χ4v) is 5.42. The fourth-order valence-electron chi connectivity index (χ4n) is 3.89. The Balaban J connectivity index is 1.46. The molecule has 1 saturated heterocycles. The van der Waals surface area contributed by atoms with Crippen molar-refractivity contribution >= 4 is 34.3 Å². The monoisotopic (exact) mass is 402 g/mol. The minimum Gasteiger partial charge on any atom is -0.306 e. The van der Waals surface area contributed by atoms with Crippen LogP contribution in [0.25, 0.3) is 0 Å². The van der Waals surface area contributed by atoms with Crippen molar-refractivity contribution in [2.45, 2.75) is 31.3 Å². The van der Waals surface area contributed by atoms with Gasteiger partial charge in [0.2, 0.25) is 0 Å². The van der Waals surface area contributed by atoms with Gasteiger partial charge in [0, 0.05) is 30.4 Å². The number of likely N-dealkylation sites (tertiary alicyclic amines) is 1. The number of amides is 1. The molecule has 1 unspecified atom stereocenters. The number of piperidine rings is 1. The molecule has 2 aromatic heterocycles. The Bertz CT molecular complexity index is 777. The summed E-state index contributed by atoms with van der Waals surface area (Å²) in [6.07, 6.45) is 3.05. The molecule has 0 saturated carbocycles. The molecule has 1 atom stereocenters. The minimum atomic E-state index is 0.0360. The van der Waals surface area contributed by atoms with Gasteiger partial charge in [-0.2, -0.15) is 5.10 Å². The van der Waals surface area contributed by atoms with Crippen LogP contribution in [0.15, 0.2) is 40.1 Å². The molecule has 0 N–H and O–H groups in total. The van der Waals surface area contributed by atoms with Crippen molar-refractivity contribution in [2.24, 2.45) is 5.10 Å². The third-order valence-corrected chi connectivity index (χ3v) is 7.38. The molecule has 2 aliphatic heterocycles. The van der Waals surface area contributed by atoms with E-state index in [2.05, 4.69) is 52.9 Å². The number of hydrogen-bond acceptors (Lipinski definition) is 6. The van der Waals surface area contributed by atoms with Crippen LogP contribution in [-0.4, -0.2) is 66.2 Å². The third-order valence-electron chi connectivity index (χ3n) is 5.49. The lowest BCUT2D eigenvalue weighted by Crippen LogP contribution is -2.45. The molecule has 7 heteroatoms. The van der Waals surface area contributed by atoms with Gasteiger partial charge in [-0.1, -0.05) is 12.1 Å². The first-order chi connectivity index (χ1) is 13.1. The number of carbonyl (C=O) groups excluding carboxylic acids is 1. The normalized spacial score (nSPS) is 21.8. The van der Waals surface area contributed by atoms with E-state index in [0.717, 1.165) is 38.1 Å².